The molecule has 19 heavy (non-hydrogen) atoms. The van der Waals surface area contributed by atoms with Gasteiger partial charge in [0.2, 0.25) is 4.73 Å². The number of aromatic nitrogens is 3. The molecule has 1 aliphatic carbocycles. The molecule has 1 aliphatic rings. The highest BCUT2D eigenvalue weighted by Gasteiger charge is 2.23. The fraction of sp³-hybridized carbons (Fsp3) is 0.750. The Morgan fingerprint density at radius 2 is 2.11 bits per heavy atom. The summed E-state index contributed by atoms with van der Waals surface area (Å²) in [6.07, 6.45) is 5.90. The molecular weight excluding hydrogens is 314 g/mol. The molecule has 1 aromatic rings. The van der Waals surface area contributed by atoms with Gasteiger partial charge in [-0.05, 0) is 41.6 Å². The van der Waals surface area contributed by atoms with E-state index in [2.05, 4.69) is 21.0 Å². The van der Waals surface area contributed by atoms with Gasteiger partial charge in [-0.2, -0.15) is 0 Å². The molecule has 1 aromatic heterocycles. The van der Waals surface area contributed by atoms with Gasteiger partial charge in [-0.1, -0.05) is 19.3 Å². The highest BCUT2D eigenvalue weighted by Crippen LogP contribution is 2.24. The summed E-state index contributed by atoms with van der Waals surface area (Å²) in [6.45, 7) is 2.05. The lowest BCUT2D eigenvalue weighted by molar-refractivity contribution is -0.140. The van der Waals surface area contributed by atoms with Crippen molar-refractivity contribution in [3.05, 3.63) is 15.2 Å². The predicted molar refractivity (Wildman–Crippen MR) is 73.1 cm³/mol. The van der Waals surface area contributed by atoms with Gasteiger partial charge in [-0.3, -0.25) is 4.57 Å². The average molecular weight is 332 g/mol. The van der Waals surface area contributed by atoms with Gasteiger partial charge in [0.05, 0.1) is 0 Å². The molecule has 0 spiro atoms. The SMILES string of the molecule is C[C@@H](C(=O)O)n1c(Br)nn(CC2CCCCC2)c1=O. The molecule has 1 saturated carbocycles. The largest absolute Gasteiger partial charge is 0.480 e. The van der Waals surface area contributed by atoms with E-state index in [-0.39, 0.29) is 10.4 Å². The molecule has 106 valence electrons. The maximum atomic E-state index is 12.2. The van der Waals surface area contributed by atoms with Crippen LogP contribution in [-0.4, -0.2) is 25.4 Å². The molecule has 1 N–H and O–H groups in total. The van der Waals surface area contributed by atoms with Crippen molar-refractivity contribution in [3.63, 3.8) is 0 Å². The summed E-state index contributed by atoms with van der Waals surface area (Å²) in [4.78, 5) is 23.2. The van der Waals surface area contributed by atoms with E-state index in [1.807, 2.05) is 0 Å². The lowest BCUT2D eigenvalue weighted by Gasteiger charge is -2.20. The molecule has 1 fully saturated rings. The Morgan fingerprint density at radius 3 is 2.68 bits per heavy atom. The van der Waals surface area contributed by atoms with Crippen molar-refractivity contribution in [2.24, 2.45) is 5.92 Å². The highest BCUT2D eigenvalue weighted by atomic mass is 79.9. The van der Waals surface area contributed by atoms with E-state index in [0.717, 1.165) is 12.8 Å². The minimum absolute atomic E-state index is 0.281. The van der Waals surface area contributed by atoms with Crippen LogP contribution in [0.15, 0.2) is 9.53 Å². The molecule has 6 nitrogen and oxygen atoms in total. The van der Waals surface area contributed by atoms with Crippen LogP contribution in [0.25, 0.3) is 0 Å². The molecule has 2 rings (SSSR count). The van der Waals surface area contributed by atoms with Crippen molar-refractivity contribution in [3.8, 4) is 0 Å². The van der Waals surface area contributed by atoms with Gasteiger partial charge in [0, 0.05) is 6.54 Å². The van der Waals surface area contributed by atoms with Gasteiger partial charge < -0.3 is 5.11 Å². The van der Waals surface area contributed by atoms with Crippen LogP contribution >= 0.6 is 15.9 Å². The van der Waals surface area contributed by atoms with E-state index in [4.69, 9.17) is 5.11 Å². The van der Waals surface area contributed by atoms with E-state index in [1.54, 1.807) is 0 Å². The molecule has 0 unspecified atom stereocenters. The zero-order valence-corrected chi connectivity index (χ0v) is 12.5. The Hall–Kier alpha value is -1.11. The van der Waals surface area contributed by atoms with Crippen LogP contribution in [0, 0.1) is 5.92 Å². The summed E-state index contributed by atoms with van der Waals surface area (Å²) in [6, 6.07) is -0.915. The van der Waals surface area contributed by atoms with Crippen LogP contribution in [-0.2, 0) is 11.3 Å². The second-order valence-corrected chi connectivity index (χ2v) is 5.83. The molecule has 0 aromatic carbocycles. The maximum absolute atomic E-state index is 12.2. The van der Waals surface area contributed by atoms with E-state index < -0.39 is 12.0 Å². The summed E-state index contributed by atoms with van der Waals surface area (Å²) in [7, 11) is 0. The Balaban J connectivity index is 2.21. The topological polar surface area (TPSA) is 77.1 Å². The number of carboxylic acid groups (broad SMARTS) is 1. The monoisotopic (exact) mass is 331 g/mol. The number of hydrogen-bond donors (Lipinski definition) is 1. The summed E-state index contributed by atoms with van der Waals surface area (Å²) >= 11 is 3.17. The molecule has 0 amide bonds. The van der Waals surface area contributed by atoms with Gasteiger partial charge in [0.25, 0.3) is 0 Å². The second kappa shape index (κ2) is 5.90. The first kappa shape index (κ1) is 14.3. The molecular formula is C12H18BrN3O3. The Morgan fingerprint density at radius 1 is 1.47 bits per heavy atom. The summed E-state index contributed by atoms with van der Waals surface area (Å²) < 4.78 is 2.84. The number of hydrogen-bond acceptors (Lipinski definition) is 3. The van der Waals surface area contributed by atoms with Gasteiger partial charge in [0.15, 0.2) is 0 Å². The minimum Gasteiger partial charge on any atom is -0.480 e. The van der Waals surface area contributed by atoms with Crippen LogP contribution in [0.2, 0.25) is 0 Å². The molecule has 0 bridgehead atoms. The maximum Gasteiger partial charge on any atom is 0.347 e. The number of rotatable bonds is 4. The normalized spacial score (nSPS) is 18.4. The molecule has 0 saturated heterocycles. The Labute approximate surface area is 119 Å². The first-order valence-corrected chi connectivity index (χ1v) is 7.37. The van der Waals surface area contributed by atoms with Gasteiger partial charge >= 0.3 is 11.7 Å². The predicted octanol–water partition coefficient (Wildman–Crippen LogP) is 2.03. The zero-order chi connectivity index (χ0) is 14.0. The van der Waals surface area contributed by atoms with E-state index >= 15 is 0 Å². The third-order valence-electron chi connectivity index (χ3n) is 3.73. The Kier molecular flexibility index (Phi) is 4.44. The Bertz CT molecular complexity index is 517. The lowest BCUT2D eigenvalue weighted by atomic mass is 9.89. The third kappa shape index (κ3) is 3.08. The summed E-state index contributed by atoms with van der Waals surface area (Å²) in [5.74, 6) is -0.568. The second-order valence-electron chi connectivity index (χ2n) is 5.12. The molecule has 7 heteroatoms. The highest BCUT2D eigenvalue weighted by molar-refractivity contribution is 9.10. The molecule has 0 aliphatic heterocycles. The van der Waals surface area contributed by atoms with Crippen molar-refractivity contribution in [2.75, 3.05) is 0 Å². The number of halogens is 1. The van der Waals surface area contributed by atoms with Gasteiger partial charge in [-0.25, -0.2) is 14.3 Å². The van der Waals surface area contributed by atoms with Gasteiger partial charge in [-0.15, -0.1) is 5.10 Å². The number of carbonyl (C=O) groups is 1. The molecule has 1 heterocycles. The first-order chi connectivity index (χ1) is 9.00. The number of aliphatic carboxylic acids is 1. The lowest BCUT2D eigenvalue weighted by Crippen LogP contribution is -2.32. The zero-order valence-electron chi connectivity index (χ0n) is 10.9. The van der Waals surface area contributed by atoms with Crippen molar-refractivity contribution in [2.45, 2.75) is 51.6 Å². The fourth-order valence-electron chi connectivity index (χ4n) is 2.56. The third-order valence-corrected chi connectivity index (χ3v) is 4.27. The van der Waals surface area contributed by atoms with Gasteiger partial charge in [0.1, 0.15) is 6.04 Å². The fourth-order valence-corrected chi connectivity index (χ4v) is 3.21. The van der Waals surface area contributed by atoms with Crippen molar-refractivity contribution in [1.82, 2.24) is 14.3 Å². The van der Waals surface area contributed by atoms with E-state index in [1.165, 1.54) is 35.4 Å². The average Bonchev–Trinajstić information content (AvgIpc) is 2.65. The molecule has 1 atom stereocenters. The van der Waals surface area contributed by atoms with E-state index in [0.29, 0.717) is 12.5 Å². The quantitative estimate of drug-likeness (QED) is 0.915. The number of nitrogens with zero attached hydrogens (tertiary/aromatic N) is 3. The van der Waals surface area contributed by atoms with Crippen LogP contribution in [0.5, 0.6) is 0 Å². The van der Waals surface area contributed by atoms with Crippen LogP contribution in [0.4, 0.5) is 0 Å². The first-order valence-electron chi connectivity index (χ1n) is 6.58. The smallest absolute Gasteiger partial charge is 0.347 e. The van der Waals surface area contributed by atoms with Crippen LogP contribution in [0.1, 0.15) is 45.1 Å². The van der Waals surface area contributed by atoms with E-state index in [9.17, 15) is 9.59 Å². The standard InChI is InChI=1S/C12H18BrN3O3/c1-8(10(17)18)16-11(13)14-15(12(16)19)7-9-5-3-2-4-6-9/h8-9H,2-7H2,1H3,(H,17,18)/t8-/m0/s1. The number of carboxylic acids is 1. The summed E-state index contributed by atoms with van der Waals surface area (Å²) in [5, 5.41) is 13.1. The van der Waals surface area contributed by atoms with Crippen molar-refractivity contribution >= 4 is 21.9 Å². The van der Waals surface area contributed by atoms with Crippen molar-refractivity contribution < 1.29 is 9.90 Å². The van der Waals surface area contributed by atoms with Crippen molar-refractivity contribution in [1.29, 1.82) is 0 Å². The van der Waals surface area contributed by atoms with Crippen LogP contribution < -0.4 is 5.69 Å². The van der Waals surface area contributed by atoms with Crippen LogP contribution in [0.3, 0.4) is 0 Å². The molecule has 0 radical (unpaired) electrons. The minimum atomic E-state index is -1.04. The summed E-state index contributed by atoms with van der Waals surface area (Å²) in [5.41, 5.74) is -0.354.